The molecule has 0 fully saturated rings. The molecule has 3 nitrogen and oxygen atoms in total. The Hall–Kier alpha value is -0.350. The third-order valence-corrected chi connectivity index (χ3v) is 2.80. The minimum absolute atomic E-state index is 0.586. The molecule has 1 unspecified atom stereocenters. The summed E-state index contributed by atoms with van der Waals surface area (Å²) in [5.41, 5.74) is 1.28. The van der Waals surface area contributed by atoms with Crippen LogP contribution in [-0.4, -0.2) is 27.7 Å². The van der Waals surface area contributed by atoms with Gasteiger partial charge in [-0.05, 0) is 19.4 Å². The maximum atomic E-state index is 4.13. The number of hydrogen-bond donors (Lipinski definition) is 1. The molecule has 0 aliphatic heterocycles. The van der Waals surface area contributed by atoms with Crippen LogP contribution in [0.5, 0.6) is 0 Å². The van der Waals surface area contributed by atoms with Crippen LogP contribution < -0.4 is 5.32 Å². The predicted octanol–water partition coefficient (Wildman–Crippen LogP) is 1.73. The van der Waals surface area contributed by atoms with Crippen LogP contribution in [0, 0.1) is 0 Å². The topological polar surface area (TPSA) is 29.9 Å². The highest BCUT2D eigenvalue weighted by Gasteiger charge is 2.01. The lowest BCUT2D eigenvalue weighted by Crippen LogP contribution is -2.28. The van der Waals surface area contributed by atoms with Crippen molar-refractivity contribution in [2.24, 2.45) is 7.05 Å². The summed E-state index contributed by atoms with van der Waals surface area (Å²) in [6, 6.07) is 2.65. The molecule has 1 heterocycles. The van der Waals surface area contributed by atoms with E-state index >= 15 is 0 Å². The van der Waals surface area contributed by atoms with Crippen LogP contribution in [-0.2, 0) is 13.5 Å². The highest BCUT2D eigenvalue weighted by Crippen LogP contribution is 1.98. The van der Waals surface area contributed by atoms with Gasteiger partial charge in [0, 0.05) is 43.3 Å². The van der Waals surface area contributed by atoms with Crippen molar-refractivity contribution in [2.75, 3.05) is 11.9 Å². The average Bonchev–Trinajstić information content (AvgIpc) is 2.52. The summed E-state index contributed by atoms with van der Waals surface area (Å²) in [4.78, 5) is 0. The molecular weight excluding hydrogens is 242 g/mol. The smallest absolute Gasteiger partial charge is 0.0492 e. The molecule has 4 heteroatoms. The van der Waals surface area contributed by atoms with Crippen molar-refractivity contribution < 1.29 is 0 Å². The molecule has 1 aromatic rings. The van der Waals surface area contributed by atoms with E-state index < -0.39 is 0 Å². The molecule has 0 amide bonds. The van der Waals surface area contributed by atoms with Gasteiger partial charge in [-0.1, -0.05) is 15.9 Å². The molecule has 0 radical (unpaired) electrons. The van der Waals surface area contributed by atoms with Crippen LogP contribution >= 0.6 is 15.9 Å². The van der Waals surface area contributed by atoms with Gasteiger partial charge in [0.05, 0.1) is 0 Å². The normalized spacial score (nSPS) is 13.1. The molecule has 1 rings (SSSR count). The van der Waals surface area contributed by atoms with Gasteiger partial charge < -0.3 is 5.32 Å². The van der Waals surface area contributed by atoms with E-state index in [9.17, 15) is 0 Å². The first-order chi connectivity index (χ1) is 6.74. The highest BCUT2D eigenvalue weighted by molar-refractivity contribution is 9.09. The molecule has 0 bridgehead atoms. The number of hydrogen-bond acceptors (Lipinski definition) is 2. The molecule has 0 aliphatic rings. The van der Waals surface area contributed by atoms with Crippen molar-refractivity contribution in [2.45, 2.75) is 25.8 Å². The summed E-state index contributed by atoms with van der Waals surface area (Å²) in [6.45, 7) is 3.23. The van der Waals surface area contributed by atoms with Gasteiger partial charge in [0.1, 0.15) is 0 Å². The van der Waals surface area contributed by atoms with Crippen LogP contribution in [0.25, 0.3) is 0 Å². The Morgan fingerprint density at radius 1 is 1.64 bits per heavy atom. The Morgan fingerprint density at radius 2 is 2.43 bits per heavy atom. The van der Waals surface area contributed by atoms with Crippen molar-refractivity contribution in [3.8, 4) is 0 Å². The number of aryl methyl sites for hydroxylation is 1. The molecule has 14 heavy (non-hydrogen) atoms. The Kier molecular flexibility index (Phi) is 5.19. The second kappa shape index (κ2) is 6.19. The van der Waals surface area contributed by atoms with E-state index in [-0.39, 0.29) is 0 Å². The van der Waals surface area contributed by atoms with Gasteiger partial charge in [-0.3, -0.25) is 4.68 Å². The van der Waals surface area contributed by atoms with E-state index in [0.29, 0.717) is 6.04 Å². The number of nitrogens with one attached hydrogen (secondary N) is 1. The average molecular weight is 260 g/mol. The van der Waals surface area contributed by atoms with Crippen molar-refractivity contribution in [3.63, 3.8) is 0 Å². The third kappa shape index (κ3) is 3.80. The quantitative estimate of drug-likeness (QED) is 0.789. The van der Waals surface area contributed by atoms with Crippen molar-refractivity contribution in [1.29, 1.82) is 0 Å². The molecule has 0 saturated carbocycles. The van der Waals surface area contributed by atoms with Gasteiger partial charge in [0.25, 0.3) is 0 Å². The zero-order valence-corrected chi connectivity index (χ0v) is 10.4. The van der Waals surface area contributed by atoms with E-state index in [1.54, 1.807) is 0 Å². The third-order valence-electron chi connectivity index (χ3n) is 2.34. The number of nitrogens with zero attached hydrogens (tertiary/aromatic N) is 2. The molecule has 1 aromatic heterocycles. The first-order valence-corrected chi connectivity index (χ1v) is 6.12. The fraction of sp³-hybridized carbons (Fsp3) is 0.700. The number of rotatable bonds is 6. The summed E-state index contributed by atoms with van der Waals surface area (Å²) < 4.78 is 1.93. The Balaban J connectivity index is 2.19. The minimum atomic E-state index is 0.586. The number of aromatic nitrogens is 2. The van der Waals surface area contributed by atoms with Gasteiger partial charge in [0.2, 0.25) is 0 Å². The minimum Gasteiger partial charge on any atom is -0.314 e. The first-order valence-electron chi connectivity index (χ1n) is 5.00. The SMILES string of the molecule is CC(CCBr)NCCc1ccnn1C. The van der Waals surface area contributed by atoms with E-state index in [1.807, 2.05) is 17.9 Å². The van der Waals surface area contributed by atoms with E-state index in [0.717, 1.165) is 18.3 Å². The van der Waals surface area contributed by atoms with E-state index in [2.05, 4.69) is 39.3 Å². The predicted molar refractivity (Wildman–Crippen MR) is 62.8 cm³/mol. The standard InChI is InChI=1S/C10H18BrN3/c1-9(3-6-11)12-7-4-10-5-8-13-14(10)2/h5,8-9,12H,3-4,6-7H2,1-2H3. The van der Waals surface area contributed by atoms with Crippen molar-refractivity contribution in [3.05, 3.63) is 18.0 Å². The summed E-state index contributed by atoms with van der Waals surface area (Å²) in [6.07, 6.45) is 4.06. The molecule has 0 saturated heterocycles. The number of halogens is 1. The molecule has 1 atom stereocenters. The van der Waals surface area contributed by atoms with Gasteiger partial charge in [0.15, 0.2) is 0 Å². The molecule has 0 spiro atoms. The zero-order valence-electron chi connectivity index (χ0n) is 8.83. The summed E-state index contributed by atoms with van der Waals surface area (Å²) >= 11 is 3.44. The first kappa shape index (κ1) is 11.7. The molecule has 0 aromatic carbocycles. The summed E-state index contributed by atoms with van der Waals surface area (Å²) in [5, 5.41) is 8.67. The Labute approximate surface area is 94.0 Å². The summed E-state index contributed by atoms with van der Waals surface area (Å²) in [5.74, 6) is 0. The molecule has 80 valence electrons. The molecular formula is C10H18BrN3. The second-order valence-electron chi connectivity index (χ2n) is 3.53. The monoisotopic (exact) mass is 259 g/mol. The van der Waals surface area contributed by atoms with Gasteiger partial charge in [-0.2, -0.15) is 5.10 Å². The van der Waals surface area contributed by atoms with Gasteiger partial charge in [-0.25, -0.2) is 0 Å². The Bertz CT molecular complexity index is 260. The maximum Gasteiger partial charge on any atom is 0.0492 e. The largest absolute Gasteiger partial charge is 0.314 e. The lowest BCUT2D eigenvalue weighted by atomic mass is 10.2. The highest BCUT2D eigenvalue weighted by atomic mass is 79.9. The number of alkyl halides is 1. The fourth-order valence-corrected chi connectivity index (χ4v) is 2.05. The second-order valence-corrected chi connectivity index (χ2v) is 4.32. The fourth-order valence-electron chi connectivity index (χ4n) is 1.36. The van der Waals surface area contributed by atoms with Crippen molar-refractivity contribution >= 4 is 15.9 Å². The van der Waals surface area contributed by atoms with E-state index in [1.165, 1.54) is 12.1 Å². The molecule has 0 aliphatic carbocycles. The van der Waals surface area contributed by atoms with Crippen LogP contribution in [0.15, 0.2) is 12.3 Å². The van der Waals surface area contributed by atoms with Crippen molar-refractivity contribution in [1.82, 2.24) is 15.1 Å². The lowest BCUT2D eigenvalue weighted by Gasteiger charge is -2.11. The Morgan fingerprint density at radius 3 is 3.00 bits per heavy atom. The van der Waals surface area contributed by atoms with Gasteiger partial charge >= 0.3 is 0 Å². The van der Waals surface area contributed by atoms with Crippen LogP contribution in [0.2, 0.25) is 0 Å². The van der Waals surface area contributed by atoms with Gasteiger partial charge in [-0.15, -0.1) is 0 Å². The summed E-state index contributed by atoms with van der Waals surface area (Å²) in [7, 11) is 1.98. The van der Waals surface area contributed by atoms with Crippen LogP contribution in [0.3, 0.4) is 0 Å². The zero-order chi connectivity index (χ0) is 10.4. The van der Waals surface area contributed by atoms with Crippen LogP contribution in [0.1, 0.15) is 19.0 Å². The maximum absolute atomic E-state index is 4.13. The molecule has 1 N–H and O–H groups in total. The lowest BCUT2D eigenvalue weighted by molar-refractivity contribution is 0.533. The van der Waals surface area contributed by atoms with Crippen LogP contribution in [0.4, 0.5) is 0 Å². The van der Waals surface area contributed by atoms with E-state index in [4.69, 9.17) is 0 Å².